The largest absolute Gasteiger partial charge is 0.353 e. The minimum absolute atomic E-state index is 0.0310. The molecule has 6 heteroatoms. The summed E-state index contributed by atoms with van der Waals surface area (Å²) in [5, 5.41) is 8.63. The highest BCUT2D eigenvalue weighted by Gasteiger charge is 2.18. The molecule has 0 aliphatic carbocycles. The third-order valence-corrected chi connectivity index (χ3v) is 4.17. The van der Waals surface area contributed by atoms with Crippen molar-refractivity contribution >= 4 is 16.7 Å². The molecule has 0 aliphatic rings. The van der Waals surface area contributed by atoms with Crippen LogP contribution < -0.4 is 10.6 Å². The molecule has 6 nitrogen and oxygen atoms in total. The van der Waals surface area contributed by atoms with Gasteiger partial charge >= 0.3 is 0 Å². The van der Waals surface area contributed by atoms with Crippen molar-refractivity contribution in [3.63, 3.8) is 0 Å². The Morgan fingerprint density at radius 2 is 1.92 bits per heavy atom. The predicted octanol–water partition coefficient (Wildman–Crippen LogP) is 2.79. The molecule has 0 bridgehead atoms. The zero-order chi connectivity index (χ0) is 18.0. The van der Waals surface area contributed by atoms with Crippen LogP contribution in [0, 0.1) is 0 Å². The zero-order valence-corrected chi connectivity index (χ0v) is 15.4. The van der Waals surface area contributed by atoms with Crippen LogP contribution >= 0.6 is 0 Å². The summed E-state index contributed by atoms with van der Waals surface area (Å²) in [6, 6.07) is 10.2. The van der Waals surface area contributed by atoms with Gasteiger partial charge in [0.25, 0.3) is 0 Å². The van der Waals surface area contributed by atoms with Gasteiger partial charge in [0.15, 0.2) is 0 Å². The van der Waals surface area contributed by atoms with Crippen LogP contribution in [0.2, 0.25) is 0 Å². The lowest BCUT2D eigenvalue weighted by molar-refractivity contribution is 0.567. The molecule has 132 valence electrons. The minimum Gasteiger partial charge on any atom is -0.353 e. The standard InChI is InChI=1S/C19H26N6/c1-19(2,3)16-11-13(23-24-16)12-25(4)18-14-7-5-6-8-15(14)21-17(22-18)9-10-20/h5-8,11H,9-10,12,20H2,1-4H3,(H,23,24). The Bertz CT molecular complexity index is 862. The van der Waals surface area contributed by atoms with Gasteiger partial charge in [-0.1, -0.05) is 32.9 Å². The number of H-pyrrole nitrogens is 1. The molecule has 0 aliphatic heterocycles. The summed E-state index contributed by atoms with van der Waals surface area (Å²) >= 11 is 0. The van der Waals surface area contributed by atoms with E-state index in [1.165, 1.54) is 0 Å². The zero-order valence-electron chi connectivity index (χ0n) is 15.4. The number of hydrogen-bond donors (Lipinski definition) is 2. The van der Waals surface area contributed by atoms with Gasteiger partial charge in [-0.2, -0.15) is 5.10 Å². The third-order valence-electron chi connectivity index (χ3n) is 4.17. The Balaban J connectivity index is 1.93. The van der Waals surface area contributed by atoms with Crippen LogP contribution in [0.1, 0.15) is 38.0 Å². The van der Waals surface area contributed by atoms with Gasteiger partial charge in [0.2, 0.25) is 0 Å². The Labute approximate surface area is 148 Å². The summed E-state index contributed by atoms with van der Waals surface area (Å²) in [6.45, 7) is 7.72. The fourth-order valence-electron chi connectivity index (χ4n) is 2.80. The molecule has 0 unspecified atom stereocenters. The van der Waals surface area contributed by atoms with Gasteiger partial charge in [-0.25, -0.2) is 9.97 Å². The Morgan fingerprint density at radius 1 is 1.16 bits per heavy atom. The molecule has 0 fully saturated rings. The number of hydrogen-bond acceptors (Lipinski definition) is 5. The van der Waals surface area contributed by atoms with Crippen molar-refractivity contribution < 1.29 is 0 Å². The van der Waals surface area contributed by atoms with Crippen molar-refractivity contribution in [3.05, 3.63) is 47.5 Å². The number of fused-ring (bicyclic) bond motifs is 1. The molecular weight excluding hydrogens is 312 g/mol. The number of nitrogens with zero attached hydrogens (tertiary/aromatic N) is 4. The second kappa shape index (κ2) is 6.80. The number of aromatic amines is 1. The van der Waals surface area contributed by atoms with Gasteiger partial charge in [0, 0.05) is 24.3 Å². The summed E-state index contributed by atoms with van der Waals surface area (Å²) in [5.74, 6) is 1.70. The number of nitrogens with one attached hydrogen (secondary N) is 1. The molecule has 0 atom stereocenters. The molecule has 0 saturated heterocycles. The van der Waals surface area contributed by atoms with Gasteiger partial charge in [-0.05, 0) is 24.7 Å². The monoisotopic (exact) mass is 338 g/mol. The summed E-state index contributed by atoms with van der Waals surface area (Å²) in [7, 11) is 2.04. The molecule has 0 amide bonds. The van der Waals surface area contributed by atoms with Gasteiger partial charge in [-0.15, -0.1) is 0 Å². The lowest BCUT2D eigenvalue weighted by Crippen LogP contribution is -2.20. The Morgan fingerprint density at radius 3 is 2.60 bits per heavy atom. The first-order chi connectivity index (χ1) is 11.9. The highest BCUT2D eigenvalue weighted by atomic mass is 15.2. The van der Waals surface area contributed by atoms with Crippen LogP contribution in [-0.4, -0.2) is 33.8 Å². The third kappa shape index (κ3) is 3.79. The number of anilines is 1. The highest BCUT2D eigenvalue weighted by molar-refractivity contribution is 5.89. The first-order valence-electron chi connectivity index (χ1n) is 8.60. The van der Waals surface area contributed by atoms with Gasteiger partial charge in [0.1, 0.15) is 11.6 Å². The van der Waals surface area contributed by atoms with E-state index in [1.807, 2.05) is 25.2 Å². The van der Waals surface area contributed by atoms with Gasteiger partial charge in [0.05, 0.1) is 23.4 Å². The van der Waals surface area contributed by atoms with Crippen molar-refractivity contribution in [2.24, 2.45) is 5.73 Å². The van der Waals surface area contributed by atoms with Crippen molar-refractivity contribution in [2.45, 2.75) is 39.2 Å². The number of benzene rings is 1. The van der Waals surface area contributed by atoms with E-state index in [0.717, 1.165) is 33.9 Å². The van der Waals surface area contributed by atoms with E-state index in [4.69, 9.17) is 10.7 Å². The van der Waals surface area contributed by atoms with Gasteiger partial charge < -0.3 is 10.6 Å². The normalized spacial score (nSPS) is 11.9. The van der Waals surface area contributed by atoms with Gasteiger partial charge in [-0.3, -0.25) is 5.10 Å². The van der Waals surface area contributed by atoms with E-state index < -0.39 is 0 Å². The van der Waals surface area contributed by atoms with Crippen molar-refractivity contribution in [1.82, 2.24) is 20.2 Å². The molecule has 1 aromatic carbocycles. The number of para-hydroxylation sites is 1. The average Bonchev–Trinajstić information content (AvgIpc) is 3.03. The van der Waals surface area contributed by atoms with Crippen LogP contribution in [0.5, 0.6) is 0 Å². The summed E-state index contributed by atoms with van der Waals surface area (Å²) in [6.07, 6.45) is 0.671. The van der Waals surface area contributed by atoms with Crippen LogP contribution in [0.3, 0.4) is 0 Å². The fraction of sp³-hybridized carbons (Fsp3) is 0.421. The first-order valence-corrected chi connectivity index (χ1v) is 8.60. The first kappa shape index (κ1) is 17.4. The SMILES string of the molecule is CN(Cc1cc(C(C)(C)C)n[nH]1)c1nc(CCN)nc2ccccc12. The lowest BCUT2D eigenvalue weighted by Gasteiger charge is -2.20. The van der Waals surface area contributed by atoms with E-state index in [1.54, 1.807) is 0 Å². The number of rotatable bonds is 5. The maximum absolute atomic E-state index is 5.69. The van der Waals surface area contributed by atoms with E-state index in [2.05, 4.69) is 53.0 Å². The van der Waals surface area contributed by atoms with E-state index in [9.17, 15) is 0 Å². The van der Waals surface area contributed by atoms with Crippen molar-refractivity contribution in [2.75, 3.05) is 18.5 Å². The fourth-order valence-corrected chi connectivity index (χ4v) is 2.80. The Hall–Kier alpha value is -2.47. The molecule has 0 radical (unpaired) electrons. The molecule has 3 aromatic rings. The molecule has 2 heterocycles. The predicted molar refractivity (Wildman–Crippen MR) is 102 cm³/mol. The smallest absolute Gasteiger partial charge is 0.140 e. The molecule has 3 N–H and O–H groups in total. The molecule has 0 saturated carbocycles. The van der Waals surface area contributed by atoms with Crippen LogP contribution in [-0.2, 0) is 18.4 Å². The van der Waals surface area contributed by atoms with E-state index in [0.29, 0.717) is 19.5 Å². The summed E-state index contributed by atoms with van der Waals surface area (Å²) in [4.78, 5) is 11.5. The van der Waals surface area contributed by atoms with Crippen LogP contribution in [0.25, 0.3) is 10.9 Å². The minimum atomic E-state index is 0.0310. The maximum atomic E-state index is 5.69. The quantitative estimate of drug-likeness (QED) is 0.747. The average molecular weight is 338 g/mol. The second-order valence-electron chi connectivity index (χ2n) is 7.40. The maximum Gasteiger partial charge on any atom is 0.140 e. The molecular formula is C19H26N6. The van der Waals surface area contributed by atoms with Crippen molar-refractivity contribution in [3.8, 4) is 0 Å². The molecule has 25 heavy (non-hydrogen) atoms. The number of aromatic nitrogens is 4. The van der Waals surface area contributed by atoms with Crippen LogP contribution in [0.4, 0.5) is 5.82 Å². The van der Waals surface area contributed by atoms with E-state index in [-0.39, 0.29) is 5.41 Å². The molecule has 2 aromatic heterocycles. The number of nitrogens with two attached hydrogens (primary N) is 1. The lowest BCUT2D eigenvalue weighted by atomic mass is 9.92. The summed E-state index contributed by atoms with van der Waals surface area (Å²) in [5.41, 5.74) is 8.80. The Kier molecular flexibility index (Phi) is 4.72. The molecule has 0 spiro atoms. The highest BCUT2D eigenvalue weighted by Crippen LogP contribution is 2.25. The van der Waals surface area contributed by atoms with Crippen molar-refractivity contribution in [1.29, 1.82) is 0 Å². The van der Waals surface area contributed by atoms with Crippen LogP contribution in [0.15, 0.2) is 30.3 Å². The molecule has 3 rings (SSSR count). The van der Waals surface area contributed by atoms with E-state index >= 15 is 0 Å². The topological polar surface area (TPSA) is 83.7 Å². The second-order valence-corrected chi connectivity index (χ2v) is 7.40. The summed E-state index contributed by atoms with van der Waals surface area (Å²) < 4.78 is 0.